The lowest BCUT2D eigenvalue weighted by molar-refractivity contribution is 0.242. The highest BCUT2D eigenvalue weighted by atomic mass is 16.5. The standard InChI is InChI=1S/C14H24N2O/c1-10(2)14(15)9-16-12-5-7-13(8-6-12)17-11(3)4/h5-8,10-11,14,16H,9,15H2,1-4H3. The fraction of sp³-hybridized carbons (Fsp3) is 0.571. The summed E-state index contributed by atoms with van der Waals surface area (Å²) in [6, 6.07) is 8.17. The number of rotatable bonds is 6. The van der Waals surface area contributed by atoms with Gasteiger partial charge in [-0.15, -0.1) is 0 Å². The Morgan fingerprint density at radius 1 is 1.12 bits per heavy atom. The lowest BCUT2D eigenvalue weighted by Crippen LogP contribution is -2.33. The molecule has 1 rings (SSSR count). The summed E-state index contributed by atoms with van der Waals surface area (Å²) in [6.07, 6.45) is 0.211. The van der Waals surface area contributed by atoms with Crippen molar-refractivity contribution in [3.05, 3.63) is 24.3 Å². The van der Waals surface area contributed by atoms with Crippen LogP contribution in [0.25, 0.3) is 0 Å². The van der Waals surface area contributed by atoms with Crippen LogP contribution in [0.5, 0.6) is 5.75 Å². The van der Waals surface area contributed by atoms with E-state index in [1.807, 2.05) is 38.1 Å². The van der Waals surface area contributed by atoms with Gasteiger partial charge in [-0.05, 0) is 44.0 Å². The summed E-state index contributed by atoms with van der Waals surface area (Å²) in [6.45, 7) is 9.10. The summed E-state index contributed by atoms with van der Waals surface area (Å²) >= 11 is 0. The summed E-state index contributed by atoms with van der Waals surface area (Å²) in [5.41, 5.74) is 7.05. The molecule has 0 heterocycles. The quantitative estimate of drug-likeness (QED) is 0.798. The van der Waals surface area contributed by atoms with Crippen LogP contribution in [0.15, 0.2) is 24.3 Å². The van der Waals surface area contributed by atoms with Crippen molar-refractivity contribution in [1.82, 2.24) is 0 Å². The van der Waals surface area contributed by atoms with Crippen LogP contribution in [-0.2, 0) is 0 Å². The van der Waals surface area contributed by atoms with Gasteiger partial charge in [0.1, 0.15) is 5.75 Å². The first-order chi connectivity index (χ1) is 7.99. The number of ether oxygens (including phenoxy) is 1. The van der Waals surface area contributed by atoms with Crippen LogP contribution in [0.2, 0.25) is 0 Å². The zero-order chi connectivity index (χ0) is 12.8. The van der Waals surface area contributed by atoms with Crippen LogP contribution in [0.3, 0.4) is 0 Å². The van der Waals surface area contributed by atoms with E-state index in [0.717, 1.165) is 18.0 Å². The smallest absolute Gasteiger partial charge is 0.119 e. The molecule has 0 saturated heterocycles. The second-order valence-corrected chi connectivity index (χ2v) is 4.98. The van der Waals surface area contributed by atoms with E-state index < -0.39 is 0 Å². The van der Waals surface area contributed by atoms with Gasteiger partial charge < -0.3 is 15.8 Å². The minimum atomic E-state index is 0.182. The zero-order valence-electron chi connectivity index (χ0n) is 11.2. The van der Waals surface area contributed by atoms with Crippen LogP contribution >= 0.6 is 0 Å². The molecule has 1 unspecified atom stereocenters. The van der Waals surface area contributed by atoms with E-state index in [1.54, 1.807) is 0 Å². The Labute approximate surface area is 104 Å². The van der Waals surface area contributed by atoms with Crippen molar-refractivity contribution in [2.45, 2.75) is 39.8 Å². The number of anilines is 1. The monoisotopic (exact) mass is 236 g/mol. The SMILES string of the molecule is CC(C)Oc1ccc(NCC(N)C(C)C)cc1. The third-order valence-electron chi connectivity index (χ3n) is 2.62. The Morgan fingerprint density at radius 2 is 1.71 bits per heavy atom. The maximum atomic E-state index is 5.97. The van der Waals surface area contributed by atoms with E-state index in [-0.39, 0.29) is 12.1 Å². The average molecular weight is 236 g/mol. The molecule has 3 N–H and O–H groups in total. The predicted molar refractivity (Wildman–Crippen MR) is 73.5 cm³/mol. The molecule has 0 aliphatic heterocycles. The molecular formula is C14H24N2O. The first-order valence-electron chi connectivity index (χ1n) is 6.25. The van der Waals surface area contributed by atoms with Crippen molar-refractivity contribution >= 4 is 5.69 Å². The molecule has 1 aromatic rings. The summed E-state index contributed by atoms with van der Waals surface area (Å²) in [7, 11) is 0. The molecule has 0 amide bonds. The second kappa shape index (κ2) is 6.50. The average Bonchev–Trinajstić information content (AvgIpc) is 2.26. The minimum Gasteiger partial charge on any atom is -0.491 e. The molecule has 3 nitrogen and oxygen atoms in total. The molecule has 17 heavy (non-hydrogen) atoms. The minimum absolute atomic E-state index is 0.182. The molecule has 0 spiro atoms. The summed E-state index contributed by atoms with van der Waals surface area (Å²) < 4.78 is 5.58. The summed E-state index contributed by atoms with van der Waals surface area (Å²) in [4.78, 5) is 0. The third-order valence-corrected chi connectivity index (χ3v) is 2.62. The highest BCUT2D eigenvalue weighted by Gasteiger charge is 2.06. The molecule has 0 aromatic heterocycles. The zero-order valence-corrected chi connectivity index (χ0v) is 11.2. The highest BCUT2D eigenvalue weighted by molar-refractivity contribution is 5.46. The van der Waals surface area contributed by atoms with E-state index in [0.29, 0.717) is 5.92 Å². The van der Waals surface area contributed by atoms with Gasteiger partial charge in [0.2, 0.25) is 0 Å². The molecule has 0 bridgehead atoms. The topological polar surface area (TPSA) is 47.3 Å². The van der Waals surface area contributed by atoms with Crippen molar-refractivity contribution in [3.63, 3.8) is 0 Å². The molecule has 0 aliphatic carbocycles. The van der Waals surface area contributed by atoms with Crippen molar-refractivity contribution in [1.29, 1.82) is 0 Å². The lowest BCUT2D eigenvalue weighted by Gasteiger charge is -2.17. The maximum absolute atomic E-state index is 5.97. The third kappa shape index (κ3) is 5.09. The fourth-order valence-electron chi connectivity index (χ4n) is 1.39. The molecular weight excluding hydrogens is 212 g/mol. The van der Waals surface area contributed by atoms with Gasteiger partial charge in [-0.25, -0.2) is 0 Å². The molecule has 0 fully saturated rings. The van der Waals surface area contributed by atoms with Crippen LogP contribution < -0.4 is 15.8 Å². The Hall–Kier alpha value is -1.22. The molecule has 1 atom stereocenters. The lowest BCUT2D eigenvalue weighted by atomic mass is 10.1. The summed E-state index contributed by atoms with van der Waals surface area (Å²) in [5.74, 6) is 1.39. The van der Waals surface area contributed by atoms with Gasteiger partial charge in [-0.1, -0.05) is 13.8 Å². The summed E-state index contributed by atoms with van der Waals surface area (Å²) in [5, 5.41) is 3.33. The van der Waals surface area contributed by atoms with Crippen LogP contribution in [0.1, 0.15) is 27.7 Å². The number of nitrogens with two attached hydrogens (primary N) is 1. The molecule has 0 radical (unpaired) electrons. The normalized spacial score (nSPS) is 12.9. The maximum Gasteiger partial charge on any atom is 0.119 e. The first-order valence-corrected chi connectivity index (χ1v) is 6.25. The predicted octanol–water partition coefficient (Wildman–Crippen LogP) is 2.87. The fourth-order valence-corrected chi connectivity index (χ4v) is 1.39. The van der Waals surface area contributed by atoms with Crippen molar-refractivity contribution in [2.24, 2.45) is 11.7 Å². The molecule has 1 aromatic carbocycles. The Morgan fingerprint density at radius 3 is 2.18 bits per heavy atom. The Bertz CT molecular complexity index is 319. The second-order valence-electron chi connectivity index (χ2n) is 4.98. The molecule has 3 heteroatoms. The van der Waals surface area contributed by atoms with Gasteiger partial charge in [-0.2, -0.15) is 0 Å². The first kappa shape index (κ1) is 13.8. The number of nitrogens with one attached hydrogen (secondary N) is 1. The molecule has 0 saturated carbocycles. The van der Waals surface area contributed by atoms with Gasteiger partial charge >= 0.3 is 0 Å². The van der Waals surface area contributed by atoms with Crippen LogP contribution in [-0.4, -0.2) is 18.7 Å². The largest absolute Gasteiger partial charge is 0.491 e. The van der Waals surface area contributed by atoms with E-state index in [1.165, 1.54) is 0 Å². The van der Waals surface area contributed by atoms with Gasteiger partial charge in [0.25, 0.3) is 0 Å². The van der Waals surface area contributed by atoms with Gasteiger partial charge in [-0.3, -0.25) is 0 Å². The van der Waals surface area contributed by atoms with E-state index in [4.69, 9.17) is 10.5 Å². The molecule has 96 valence electrons. The van der Waals surface area contributed by atoms with E-state index >= 15 is 0 Å². The van der Waals surface area contributed by atoms with Gasteiger partial charge in [0, 0.05) is 18.3 Å². The van der Waals surface area contributed by atoms with E-state index in [2.05, 4.69) is 19.2 Å². The van der Waals surface area contributed by atoms with Crippen molar-refractivity contribution in [3.8, 4) is 5.75 Å². The van der Waals surface area contributed by atoms with Gasteiger partial charge in [0.05, 0.1) is 6.10 Å². The number of benzene rings is 1. The number of hydrogen-bond donors (Lipinski definition) is 2. The number of hydrogen-bond acceptors (Lipinski definition) is 3. The van der Waals surface area contributed by atoms with Crippen LogP contribution in [0, 0.1) is 5.92 Å². The Balaban J connectivity index is 2.45. The van der Waals surface area contributed by atoms with E-state index in [9.17, 15) is 0 Å². The van der Waals surface area contributed by atoms with Crippen LogP contribution in [0.4, 0.5) is 5.69 Å². The highest BCUT2D eigenvalue weighted by Crippen LogP contribution is 2.17. The van der Waals surface area contributed by atoms with Crippen molar-refractivity contribution in [2.75, 3.05) is 11.9 Å². The molecule has 0 aliphatic rings. The van der Waals surface area contributed by atoms with Crippen molar-refractivity contribution < 1.29 is 4.74 Å². The Kier molecular flexibility index (Phi) is 5.29. The van der Waals surface area contributed by atoms with Gasteiger partial charge in [0.15, 0.2) is 0 Å².